The smallest absolute Gasteiger partial charge is 0.257 e. The number of nitrogens with one attached hydrogen (secondary N) is 1. The van der Waals surface area contributed by atoms with Crippen molar-refractivity contribution < 1.29 is 9.32 Å². The summed E-state index contributed by atoms with van der Waals surface area (Å²) in [5.41, 5.74) is 1.28. The van der Waals surface area contributed by atoms with Crippen LogP contribution in [0.15, 0.2) is 22.7 Å². The Morgan fingerprint density at radius 3 is 2.80 bits per heavy atom. The van der Waals surface area contributed by atoms with Crippen molar-refractivity contribution in [2.45, 2.75) is 32.7 Å². The van der Waals surface area contributed by atoms with Crippen molar-refractivity contribution in [3.63, 3.8) is 0 Å². The molecule has 1 N–H and O–H groups in total. The minimum Gasteiger partial charge on any atom is -0.360 e. The van der Waals surface area contributed by atoms with Crippen LogP contribution in [0, 0.1) is 6.92 Å². The first-order chi connectivity index (χ1) is 12.0. The Hall–Kier alpha value is -1.56. The maximum Gasteiger partial charge on any atom is 0.257 e. The molecule has 1 atom stereocenters. The van der Waals surface area contributed by atoms with Crippen LogP contribution in [-0.4, -0.2) is 41.6 Å². The minimum atomic E-state index is -0.215. The monoisotopic (exact) mass is 381 g/mol. The molecule has 0 unspecified atom stereocenters. The molecule has 134 valence electrons. The van der Waals surface area contributed by atoms with Gasteiger partial charge in [0.15, 0.2) is 0 Å². The molecule has 0 saturated carbocycles. The molecule has 2 aromatic rings. The molecule has 1 saturated heterocycles. The fraction of sp³-hybridized carbons (Fsp3) is 0.444. The number of aryl methyl sites for hydroxylation is 1. The van der Waals surface area contributed by atoms with Crippen molar-refractivity contribution in [3.8, 4) is 11.3 Å². The quantitative estimate of drug-likeness (QED) is 0.843. The van der Waals surface area contributed by atoms with E-state index in [9.17, 15) is 4.79 Å². The summed E-state index contributed by atoms with van der Waals surface area (Å²) in [5, 5.41) is 7.91. The average molecular weight is 382 g/mol. The van der Waals surface area contributed by atoms with E-state index in [2.05, 4.69) is 22.3 Å². The fourth-order valence-corrected chi connectivity index (χ4v) is 3.95. The molecule has 1 amide bonds. The lowest BCUT2D eigenvalue weighted by molar-refractivity contribution is 0.0940. The van der Waals surface area contributed by atoms with E-state index in [1.807, 2.05) is 0 Å². The number of hydrogen-bond donors (Lipinski definition) is 1. The zero-order chi connectivity index (χ0) is 18.0. The third-order valence-electron chi connectivity index (χ3n) is 4.69. The molecule has 1 aromatic heterocycles. The van der Waals surface area contributed by atoms with E-state index < -0.39 is 0 Å². The standard InChI is InChI=1S/C18H21Cl2N3O2/c1-3-23-9-5-6-12(23)10-21-18(24)15-11(2)25-22-17(15)16-13(19)7-4-8-14(16)20/h4,7-8,12H,3,5-6,9-10H2,1-2H3,(H,21,24)/t12-/m0/s1. The normalized spacial score (nSPS) is 17.8. The molecule has 1 aliphatic rings. The summed E-state index contributed by atoms with van der Waals surface area (Å²) in [6.07, 6.45) is 2.26. The Morgan fingerprint density at radius 2 is 2.12 bits per heavy atom. The predicted molar refractivity (Wildman–Crippen MR) is 99.3 cm³/mol. The zero-order valence-corrected chi connectivity index (χ0v) is 15.8. The van der Waals surface area contributed by atoms with E-state index in [0.717, 1.165) is 19.5 Å². The number of halogens is 2. The first kappa shape index (κ1) is 18.2. The Labute approximate surface area is 157 Å². The molecule has 25 heavy (non-hydrogen) atoms. The van der Waals surface area contributed by atoms with Crippen molar-refractivity contribution >= 4 is 29.1 Å². The lowest BCUT2D eigenvalue weighted by Crippen LogP contribution is -2.40. The third-order valence-corrected chi connectivity index (χ3v) is 5.32. The summed E-state index contributed by atoms with van der Waals surface area (Å²) in [6, 6.07) is 5.56. The number of likely N-dealkylation sites (tertiary alicyclic amines) is 1. The van der Waals surface area contributed by atoms with E-state index >= 15 is 0 Å². The van der Waals surface area contributed by atoms with Gasteiger partial charge < -0.3 is 9.84 Å². The highest BCUT2D eigenvalue weighted by Gasteiger charge is 2.27. The predicted octanol–water partition coefficient (Wildman–Crippen LogP) is 4.17. The molecule has 0 bridgehead atoms. The van der Waals surface area contributed by atoms with Crippen LogP contribution in [0.4, 0.5) is 0 Å². The molecule has 0 spiro atoms. The van der Waals surface area contributed by atoms with E-state index in [1.54, 1.807) is 25.1 Å². The first-order valence-corrected chi connectivity index (χ1v) is 9.21. The van der Waals surface area contributed by atoms with Gasteiger partial charge in [-0.15, -0.1) is 0 Å². The number of rotatable bonds is 5. The summed E-state index contributed by atoms with van der Waals surface area (Å²) in [5.74, 6) is 0.231. The van der Waals surface area contributed by atoms with Crippen LogP contribution in [0.25, 0.3) is 11.3 Å². The van der Waals surface area contributed by atoms with E-state index in [-0.39, 0.29) is 5.91 Å². The van der Waals surface area contributed by atoms with Crippen LogP contribution in [-0.2, 0) is 0 Å². The van der Waals surface area contributed by atoms with Gasteiger partial charge in [-0.05, 0) is 45.0 Å². The number of aromatic nitrogens is 1. The number of amides is 1. The topological polar surface area (TPSA) is 58.4 Å². The zero-order valence-electron chi connectivity index (χ0n) is 14.3. The van der Waals surface area contributed by atoms with Crippen LogP contribution in [0.1, 0.15) is 35.9 Å². The average Bonchev–Trinajstić information content (AvgIpc) is 3.19. The maximum atomic E-state index is 12.8. The van der Waals surface area contributed by atoms with Gasteiger partial charge in [-0.1, -0.05) is 41.3 Å². The second-order valence-corrected chi connectivity index (χ2v) is 7.01. The molecular weight excluding hydrogens is 361 g/mol. The van der Waals surface area contributed by atoms with Gasteiger partial charge in [-0.2, -0.15) is 0 Å². The molecule has 2 heterocycles. The number of nitrogens with zero attached hydrogens (tertiary/aromatic N) is 2. The van der Waals surface area contributed by atoms with Gasteiger partial charge in [-0.3, -0.25) is 9.69 Å². The Kier molecular flexibility index (Phi) is 5.67. The van der Waals surface area contributed by atoms with Gasteiger partial charge >= 0.3 is 0 Å². The molecule has 0 aliphatic carbocycles. The van der Waals surface area contributed by atoms with Gasteiger partial charge in [0.1, 0.15) is 17.0 Å². The molecule has 7 heteroatoms. The molecule has 0 radical (unpaired) electrons. The molecule has 1 aromatic carbocycles. The lowest BCUT2D eigenvalue weighted by Gasteiger charge is -2.22. The van der Waals surface area contributed by atoms with Gasteiger partial charge in [0.25, 0.3) is 5.91 Å². The van der Waals surface area contributed by atoms with Crippen molar-refractivity contribution in [3.05, 3.63) is 39.6 Å². The van der Waals surface area contributed by atoms with Crippen LogP contribution in [0.2, 0.25) is 10.0 Å². The summed E-state index contributed by atoms with van der Waals surface area (Å²) in [7, 11) is 0. The SMILES string of the molecule is CCN1CCC[C@H]1CNC(=O)c1c(-c2c(Cl)cccc2Cl)noc1C. The van der Waals surface area contributed by atoms with E-state index in [0.29, 0.717) is 45.2 Å². The summed E-state index contributed by atoms with van der Waals surface area (Å²) >= 11 is 12.5. The van der Waals surface area contributed by atoms with Gasteiger partial charge in [0.2, 0.25) is 0 Å². The summed E-state index contributed by atoms with van der Waals surface area (Å²) in [6.45, 7) is 6.54. The molecular formula is C18H21Cl2N3O2. The van der Waals surface area contributed by atoms with Crippen LogP contribution < -0.4 is 5.32 Å². The number of carbonyl (C=O) groups is 1. The summed E-state index contributed by atoms with van der Waals surface area (Å²) in [4.78, 5) is 15.2. The minimum absolute atomic E-state index is 0.215. The largest absolute Gasteiger partial charge is 0.360 e. The van der Waals surface area contributed by atoms with Crippen molar-refractivity contribution in [2.24, 2.45) is 0 Å². The molecule has 3 rings (SSSR count). The highest BCUT2D eigenvalue weighted by Crippen LogP contribution is 2.36. The van der Waals surface area contributed by atoms with Gasteiger partial charge in [0.05, 0.1) is 10.0 Å². The fourth-order valence-electron chi connectivity index (χ4n) is 3.38. The van der Waals surface area contributed by atoms with Gasteiger partial charge in [-0.25, -0.2) is 0 Å². The van der Waals surface area contributed by atoms with Crippen molar-refractivity contribution in [1.29, 1.82) is 0 Å². The number of benzene rings is 1. The Bertz CT molecular complexity index is 755. The van der Waals surface area contributed by atoms with E-state index in [4.69, 9.17) is 27.7 Å². The van der Waals surface area contributed by atoms with Crippen molar-refractivity contribution in [1.82, 2.24) is 15.4 Å². The number of carbonyl (C=O) groups excluding carboxylic acids is 1. The number of likely N-dealkylation sites (N-methyl/N-ethyl adjacent to an activating group) is 1. The van der Waals surface area contributed by atoms with Crippen molar-refractivity contribution in [2.75, 3.05) is 19.6 Å². The van der Waals surface area contributed by atoms with E-state index in [1.165, 1.54) is 6.42 Å². The molecule has 1 fully saturated rings. The second-order valence-electron chi connectivity index (χ2n) is 6.19. The Morgan fingerprint density at radius 1 is 1.40 bits per heavy atom. The maximum absolute atomic E-state index is 12.8. The second kappa shape index (κ2) is 7.77. The summed E-state index contributed by atoms with van der Waals surface area (Å²) < 4.78 is 5.26. The molecule has 1 aliphatic heterocycles. The highest BCUT2D eigenvalue weighted by atomic mass is 35.5. The highest BCUT2D eigenvalue weighted by molar-refractivity contribution is 6.39. The van der Waals surface area contributed by atoms with Crippen LogP contribution in [0.5, 0.6) is 0 Å². The van der Waals surface area contributed by atoms with Gasteiger partial charge in [0, 0.05) is 18.2 Å². The first-order valence-electron chi connectivity index (χ1n) is 8.45. The van der Waals surface area contributed by atoms with Crippen LogP contribution in [0.3, 0.4) is 0 Å². The third kappa shape index (κ3) is 3.68. The number of hydrogen-bond acceptors (Lipinski definition) is 4. The van der Waals surface area contributed by atoms with Crippen LogP contribution >= 0.6 is 23.2 Å². The lowest BCUT2D eigenvalue weighted by atomic mass is 10.1. The Balaban J connectivity index is 1.83. The molecule has 5 nitrogen and oxygen atoms in total.